The molecule has 1 heteroatoms. The second-order valence-electron chi connectivity index (χ2n) is 4.00. The lowest BCUT2D eigenvalue weighted by Gasteiger charge is -2.25. The largest absolute Gasteiger partial charge is 0.390 e. The van der Waals surface area contributed by atoms with Crippen LogP contribution >= 0.6 is 0 Å². The summed E-state index contributed by atoms with van der Waals surface area (Å²) in [6, 6.07) is 9.83. The molecule has 72 valence electrons. The Bertz CT molecular complexity index is 285. The molecule has 0 aromatic heterocycles. The number of hydrogen-bond donors (Lipinski definition) is 1. The lowest BCUT2D eigenvalue weighted by Crippen LogP contribution is -2.29. The third kappa shape index (κ3) is 3.19. The topological polar surface area (TPSA) is 20.2 Å². The van der Waals surface area contributed by atoms with Crippen LogP contribution in [0, 0.1) is 5.89 Å². The van der Waals surface area contributed by atoms with Gasteiger partial charge in [-0.1, -0.05) is 37.3 Å². The molecule has 13 heavy (non-hydrogen) atoms. The minimum atomic E-state index is -0.983. The van der Waals surface area contributed by atoms with Crippen LogP contribution in [-0.4, -0.2) is 10.7 Å². The third-order valence-corrected chi connectivity index (χ3v) is 2.36. The standard InChI is InChI=1S/C12H18O/c1-10(12(2,3)13)9-11-7-5-4-6-8-11/h4-8,10,13H,9H2,1-3H3/t10-/m1/s1/i10D. The fraction of sp³-hybridized carbons (Fsp3) is 0.500. The van der Waals surface area contributed by atoms with Crippen molar-refractivity contribution in [2.75, 3.05) is 0 Å². The van der Waals surface area contributed by atoms with Crippen LogP contribution < -0.4 is 0 Å². The number of aliphatic hydroxyl groups is 1. The molecular formula is C12H18O. The van der Waals surface area contributed by atoms with E-state index in [0.717, 1.165) is 5.56 Å². The number of rotatable bonds is 3. The van der Waals surface area contributed by atoms with E-state index in [-0.39, 0.29) is 0 Å². The summed E-state index contributed by atoms with van der Waals surface area (Å²) in [6.45, 7) is 5.13. The average Bonchev–Trinajstić information content (AvgIpc) is 2.03. The molecule has 1 N–H and O–H groups in total. The van der Waals surface area contributed by atoms with E-state index >= 15 is 0 Å². The van der Waals surface area contributed by atoms with Crippen molar-refractivity contribution in [3.05, 3.63) is 35.9 Å². The van der Waals surface area contributed by atoms with Gasteiger partial charge in [-0.2, -0.15) is 0 Å². The molecule has 0 bridgehead atoms. The summed E-state index contributed by atoms with van der Waals surface area (Å²) in [5.41, 5.74) is 0.107. The smallest absolute Gasteiger partial charge is 0.0620 e. The molecule has 1 aromatic rings. The minimum absolute atomic E-state index is 0.567. The van der Waals surface area contributed by atoms with Gasteiger partial charge >= 0.3 is 0 Å². The minimum Gasteiger partial charge on any atom is -0.390 e. The zero-order valence-corrected chi connectivity index (χ0v) is 8.54. The van der Waals surface area contributed by atoms with Gasteiger partial charge in [0.2, 0.25) is 0 Å². The van der Waals surface area contributed by atoms with Crippen molar-refractivity contribution >= 4 is 0 Å². The normalized spacial score (nSPS) is 17.7. The molecule has 0 heterocycles. The molecule has 1 aromatic carbocycles. The highest BCUT2D eigenvalue weighted by Crippen LogP contribution is 2.20. The highest BCUT2D eigenvalue weighted by atomic mass is 16.3. The molecule has 1 rings (SSSR count). The molecule has 0 saturated carbocycles. The van der Waals surface area contributed by atoms with Gasteiger partial charge in [0, 0.05) is 1.37 Å². The van der Waals surface area contributed by atoms with Crippen LogP contribution in [0.3, 0.4) is 0 Å². The average molecular weight is 179 g/mol. The molecule has 0 amide bonds. The summed E-state index contributed by atoms with van der Waals surface area (Å²) in [6.07, 6.45) is 0.567. The molecule has 0 aliphatic carbocycles. The van der Waals surface area contributed by atoms with Crippen LogP contribution in [0.4, 0.5) is 0 Å². The monoisotopic (exact) mass is 179 g/mol. The van der Waals surface area contributed by atoms with Crippen molar-refractivity contribution in [1.82, 2.24) is 0 Å². The fourth-order valence-corrected chi connectivity index (χ4v) is 1.12. The molecule has 0 radical (unpaired) electrons. The van der Waals surface area contributed by atoms with Gasteiger partial charge in [-0.15, -0.1) is 0 Å². The van der Waals surface area contributed by atoms with Crippen LogP contribution in [0.2, 0.25) is 0 Å². The third-order valence-electron chi connectivity index (χ3n) is 2.36. The van der Waals surface area contributed by atoms with Gasteiger partial charge in [-0.25, -0.2) is 0 Å². The van der Waals surface area contributed by atoms with Crippen molar-refractivity contribution in [3.8, 4) is 0 Å². The van der Waals surface area contributed by atoms with Crippen molar-refractivity contribution in [3.63, 3.8) is 0 Å². The van der Waals surface area contributed by atoms with Crippen LogP contribution in [0.25, 0.3) is 0 Å². The van der Waals surface area contributed by atoms with Crippen molar-refractivity contribution in [2.24, 2.45) is 5.89 Å². The molecular weight excluding hydrogens is 160 g/mol. The van der Waals surface area contributed by atoms with Gasteiger partial charge < -0.3 is 5.11 Å². The predicted octanol–water partition coefficient (Wildman–Crippen LogP) is 2.64. The van der Waals surface area contributed by atoms with Crippen LogP contribution in [-0.2, 0) is 6.42 Å². The Morgan fingerprint density at radius 3 is 2.38 bits per heavy atom. The van der Waals surface area contributed by atoms with Gasteiger partial charge in [-0.3, -0.25) is 0 Å². The zero-order valence-electron chi connectivity index (χ0n) is 9.54. The Morgan fingerprint density at radius 1 is 1.38 bits per heavy atom. The Morgan fingerprint density at radius 2 is 1.92 bits per heavy atom. The predicted molar refractivity (Wildman–Crippen MR) is 55.6 cm³/mol. The molecule has 0 aliphatic heterocycles. The molecule has 0 spiro atoms. The highest BCUT2D eigenvalue weighted by Gasteiger charge is 2.21. The maximum absolute atomic E-state index is 9.82. The lowest BCUT2D eigenvalue weighted by atomic mass is 9.87. The van der Waals surface area contributed by atoms with E-state index in [1.165, 1.54) is 0 Å². The van der Waals surface area contributed by atoms with Gasteiger partial charge in [0.1, 0.15) is 0 Å². The Kier molecular flexibility index (Phi) is 2.65. The zero-order chi connectivity index (χ0) is 10.8. The van der Waals surface area contributed by atoms with Crippen LogP contribution in [0.15, 0.2) is 30.3 Å². The fourth-order valence-electron chi connectivity index (χ4n) is 1.12. The van der Waals surface area contributed by atoms with Crippen molar-refractivity contribution < 1.29 is 6.48 Å². The summed E-state index contributed by atoms with van der Waals surface area (Å²) in [7, 11) is 0. The molecule has 0 fully saturated rings. The van der Waals surface area contributed by atoms with E-state index in [9.17, 15) is 5.11 Å². The second kappa shape index (κ2) is 3.93. The summed E-state index contributed by atoms with van der Waals surface area (Å²) in [5.74, 6) is -0.853. The first-order valence-electron chi connectivity index (χ1n) is 5.09. The summed E-state index contributed by atoms with van der Waals surface area (Å²) < 4.78 is 8.07. The molecule has 0 unspecified atom stereocenters. The van der Waals surface area contributed by atoms with Gasteiger partial charge in [-0.05, 0) is 31.7 Å². The van der Waals surface area contributed by atoms with E-state index in [1.54, 1.807) is 20.8 Å². The Hall–Kier alpha value is -0.820. The maximum atomic E-state index is 9.82. The Labute approximate surface area is 81.8 Å². The SMILES string of the molecule is [2H][C@@](C)(Cc1ccccc1)C(C)(C)O. The van der Waals surface area contributed by atoms with E-state index in [0.29, 0.717) is 6.42 Å². The molecule has 0 saturated heterocycles. The van der Waals surface area contributed by atoms with Crippen molar-refractivity contribution in [2.45, 2.75) is 32.8 Å². The maximum Gasteiger partial charge on any atom is 0.0620 e. The van der Waals surface area contributed by atoms with Crippen LogP contribution in [0.1, 0.15) is 27.7 Å². The first kappa shape index (κ1) is 8.76. The number of benzene rings is 1. The summed E-state index contributed by atoms with van der Waals surface area (Å²) in [4.78, 5) is 0. The van der Waals surface area contributed by atoms with Gasteiger partial charge in [0.25, 0.3) is 0 Å². The summed E-state index contributed by atoms with van der Waals surface area (Å²) in [5, 5.41) is 9.82. The molecule has 1 nitrogen and oxygen atoms in total. The van der Waals surface area contributed by atoms with Crippen LogP contribution in [0.5, 0.6) is 0 Å². The van der Waals surface area contributed by atoms with Gasteiger partial charge in [0.15, 0.2) is 0 Å². The first-order valence-corrected chi connectivity index (χ1v) is 4.59. The molecule has 1 atom stereocenters. The van der Waals surface area contributed by atoms with Gasteiger partial charge in [0.05, 0.1) is 5.60 Å². The van der Waals surface area contributed by atoms with E-state index < -0.39 is 11.5 Å². The van der Waals surface area contributed by atoms with E-state index in [1.807, 2.05) is 30.3 Å². The lowest BCUT2D eigenvalue weighted by molar-refractivity contribution is 0.0251. The number of hydrogen-bond acceptors (Lipinski definition) is 1. The molecule has 0 aliphatic rings. The quantitative estimate of drug-likeness (QED) is 0.756. The van der Waals surface area contributed by atoms with E-state index in [4.69, 9.17) is 1.37 Å². The first-order chi connectivity index (χ1) is 6.33. The summed E-state index contributed by atoms with van der Waals surface area (Å²) >= 11 is 0. The second-order valence-corrected chi connectivity index (χ2v) is 4.00. The Balaban J connectivity index is 2.79. The highest BCUT2D eigenvalue weighted by molar-refractivity contribution is 5.15. The van der Waals surface area contributed by atoms with Crippen molar-refractivity contribution in [1.29, 1.82) is 0 Å². The van der Waals surface area contributed by atoms with E-state index in [2.05, 4.69) is 0 Å².